The van der Waals surface area contributed by atoms with E-state index in [1.54, 1.807) is 6.26 Å². The average Bonchev–Trinajstić information content (AvgIpc) is 2.83. The van der Waals surface area contributed by atoms with Gasteiger partial charge in [0.1, 0.15) is 23.3 Å². The number of rotatable bonds is 4. The Morgan fingerprint density at radius 3 is 2.59 bits per heavy atom. The van der Waals surface area contributed by atoms with E-state index in [1.807, 2.05) is 0 Å². The molecule has 1 fully saturated rings. The first-order valence-electron chi connectivity index (χ1n) is 7.73. The van der Waals surface area contributed by atoms with E-state index >= 15 is 0 Å². The third-order valence-electron chi connectivity index (χ3n) is 4.33. The second-order valence-corrected chi connectivity index (χ2v) is 6.92. The molecule has 4 unspecified atom stereocenters. The molecule has 4 atom stereocenters. The smallest absolute Gasteiger partial charge is 0.286 e. The molecule has 2 aromatic rings. The van der Waals surface area contributed by atoms with Gasteiger partial charge < -0.3 is 31.5 Å². The lowest BCUT2D eigenvalue weighted by Crippen LogP contribution is -2.47. The topological polar surface area (TPSA) is 200 Å². The number of carbonyl (C=O) groups excluding carboxylic acids is 1. The summed E-state index contributed by atoms with van der Waals surface area (Å²) in [5.41, 5.74) is 7.26. The van der Waals surface area contributed by atoms with Crippen molar-refractivity contribution < 1.29 is 24.9 Å². The van der Waals surface area contributed by atoms with Crippen molar-refractivity contribution in [3.63, 3.8) is 0 Å². The van der Waals surface area contributed by atoms with Crippen molar-refractivity contribution in [1.82, 2.24) is 19.5 Å². The largest absolute Gasteiger partial charge is 0.394 e. The van der Waals surface area contributed by atoms with E-state index in [1.165, 1.54) is 6.92 Å². The van der Waals surface area contributed by atoms with Crippen molar-refractivity contribution >= 4 is 34.7 Å². The summed E-state index contributed by atoms with van der Waals surface area (Å²) in [5.74, 6) is -1.24. The summed E-state index contributed by atoms with van der Waals surface area (Å²) in [4.78, 5) is 36.6. The predicted octanol–water partition coefficient (Wildman–Crippen LogP) is -2.41. The Hall–Kier alpha value is -2.32. The monoisotopic (exact) mass is 398 g/mol. The number of carbonyl (C=O) groups is 1. The Kier molecular flexibility index (Phi) is 4.81. The molecule has 0 bridgehead atoms. The second kappa shape index (κ2) is 6.69. The fraction of sp³-hybridized carbons (Fsp3) is 0.500. The molecule has 1 saturated heterocycles. The molecule has 0 aliphatic carbocycles. The lowest BCUT2D eigenvalue weighted by atomic mass is 9.96. The number of thioether (sulfide) groups is 1. The van der Waals surface area contributed by atoms with Crippen LogP contribution in [0, 0.1) is 0 Å². The summed E-state index contributed by atoms with van der Waals surface area (Å²) in [6, 6.07) is 0. The van der Waals surface area contributed by atoms with Crippen LogP contribution in [-0.2, 0) is 4.74 Å². The molecule has 0 spiro atoms. The second-order valence-electron chi connectivity index (χ2n) is 6.15. The van der Waals surface area contributed by atoms with Crippen molar-refractivity contribution in [1.29, 1.82) is 0 Å². The van der Waals surface area contributed by atoms with Gasteiger partial charge in [0.15, 0.2) is 28.5 Å². The zero-order chi connectivity index (χ0) is 20.1. The minimum Gasteiger partial charge on any atom is -0.394 e. The molecular formula is C14H18N6O6S. The van der Waals surface area contributed by atoms with E-state index in [9.17, 15) is 24.9 Å². The first kappa shape index (κ1) is 19.4. The minimum absolute atomic E-state index is 0.0949. The van der Waals surface area contributed by atoms with Gasteiger partial charge in [-0.15, -0.1) is 0 Å². The molecular weight excluding hydrogens is 380 g/mol. The van der Waals surface area contributed by atoms with Gasteiger partial charge in [0.2, 0.25) is 0 Å². The highest BCUT2D eigenvalue weighted by molar-refractivity contribution is 7.98. The van der Waals surface area contributed by atoms with Crippen LogP contribution in [0.3, 0.4) is 0 Å². The SMILES string of the molecule is CSc1nc(N)c2nc(C(N)=O)c(=O)n(C3OC(CO)C(O)C3(C)O)c2n1. The Labute approximate surface area is 156 Å². The van der Waals surface area contributed by atoms with Gasteiger partial charge in [-0.2, -0.15) is 0 Å². The summed E-state index contributed by atoms with van der Waals surface area (Å²) in [7, 11) is 0. The molecule has 0 aromatic carbocycles. The van der Waals surface area contributed by atoms with Crippen LogP contribution in [0.2, 0.25) is 0 Å². The maximum absolute atomic E-state index is 12.9. The van der Waals surface area contributed by atoms with Crippen LogP contribution in [0.25, 0.3) is 11.2 Å². The number of ether oxygens (including phenoxy) is 1. The number of nitrogens with zero attached hydrogens (tertiary/aromatic N) is 4. The maximum Gasteiger partial charge on any atom is 0.286 e. The van der Waals surface area contributed by atoms with Crippen LogP contribution in [0.4, 0.5) is 5.82 Å². The van der Waals surface area contributed by atoms with E-state index in [-0.39, 0.29) is 22.1 Å². The van der Waals surface area contributed by atoms with Crippen molar-refractivity contribution in [2.24, 2.45) is 5.73 Å². The number of amides is 1. The number of hydrogen-bond donors (Lipinski definition) is 5. The van der Waals surface area contributed by atoms with Crippen LogP contribution < -0.4 is 17.0 Å². The quantitative estimate of drug-likeness (QED) is 0.271. The highest BCUT2D eigenvalue weighted by atomic mass is 32.2. The van der Waals surface area contributed by atoms with Crippen LogP contribution in [0.15, 0.2) is 9.95 Å². The molecule has 27 heavy (non-hydrogen) atoms. The Bertz CT molecular complexity index is 979. The van der Waals surface area contributed by atoms with Crippen LogP contribution in [0.1, 0.15) is 23.6 Å². The molecule has 13 heteroatoms. The number of nitrogen functional groups attached to an aromatic ring is 1. The maximum atomic E-state index is 12.9. The Balaban J connectivity index is 2.40. The molecule has 12 nitrogen and oxygen atoms in total. The zero-order valence-corrected chi connectivity index (χ0v) is 15.2. The fourth-order valence-electron chi connectivity index (χ4n) is 2.92. The summed E-state index contributed by atoms with van der Waals surface area (Å²) in [6.07, 6.45) is -2.50. The highest BCUT2D eigenvalue weighted by Crippen LogP contribution is 2.38. The van der Waals surface area contributed by atoms with E-state index in [0.29, 0.717) is 0 Å². The third kappa shape index (κ3) is 2.93. The van der Waals surface area contributed by atoms with Gasteiger partial charge in [-0.05, 0) is 13.2 Å². The molecule has 7 N–H and O–H groups in total. The fourth-order valence-corrected chi connectivity index (χ4v) is 3.29. The van der Waals surface area contributed by atoms with Gasteiger partial charge in [-0.3, -0.25) is 14.2 Å². The summed E-state index contributed by atoms with van der Waals surface area (Å²) in [5, 5.41) is 30.5. The van der Waals surface area contributed by atoms with Crippen LogP contribution in [-0.4, -0.2) is 71.4 Å². The summed E-state index contributed by atoms with van der Waals surface area (Å²) >= 11 is 1.14. The first-order valence-corrected chi connectivity index (χ1v) is 8.96. The predicted molar refractivity (Wildman–Crippen MR) is 93.9 cm³/mol. The lowest BCUT2D eigenvalue weighted by molar-refractivity contribution is -0.0964. The van der Waals surface area contributed by atoms with Crippen LogP contribution in [0.5, 0.6) is 0 Å². The standard InChI is InChI=1S/C14H18N6O6S/c1-14(25)7(22)4(3-21)26-12(14)20-10-5(8(15)18-13(19-10)27-2)17-6(9(16)23)11(20)24/h4,7,12,21-22,25H,3H2,1-2H3,(H2,16,23)(H2,15,18,19). The van der Waals surface area contributed by atoms with Gasteiger partial charge >= 0.3 is 0 Å². The van der Waals surface area contributed by atoms with Crippen LogP contribution >= 0.6 is 11.8 Å². The van der Waals surface area contributed by atoms with E-state index in [4.69, 9.17) is 16.2 Å². The number of aliphatic hydroxyl groups is 3. The Morgan fingerprint density at radius 1 is 1.41 bits per heavy atom. The van der Waals surface area contributed by atoms with E-state index in [2.05, 4.69) is 15.0 Å². The number of primary amides is 1. The molecule has 1 aliphatic heterocycles. The zero-order valence-electron chi connectivity index (χ0n) is 14.4. The molecule has 0 radical (unpaired) electrons. The molecule has 1 amide bonds. The van der Waals surface area contributed by atoms with Gasteiger partial charge in [0, 0.05) is 0 Å². The average molecular weight is 398 g/mol. The molecule has 3 heterocycles. The number of anilines is 1. The molecule has 146 valence electrons. The third-order valence-corrected chi connectivity index (χ3v) is 4.88. The first-order chi connectivity index (χ1) is 12.6. The highest BCUT2D eigenvalue weighted by Gasteiger charge is 2.54. The summed E-state index contributed by atoms with van der Waals surface area (Å²) < 4.78 is 6.33. The van der Waals surface area contributed by atoms with Crippen molar-refractivity contribution in [2.45, 2.75) is 36.1 Å². The lowest BCUT2D eigenvalue weighted by Gasteiger charge is -2.28. The van der Waals surface area contributed by atoms with Gasteiger partial charge in [-0.25, -0.2) is 15.0 Å². The number of aliphatic hydroxyl groups excluding tert-OH is 2. The molecule has 2 aromatic heterocycles. The molecule has 0 saturated carbocycles. The van der Waals surface area contributed by atoms with Gasteiger partial charge in [-0.1, -0.05) is 11.8 Å². The van der Waals surface area contributed by atoms with Crippen molar-refractivity contribution in [2.75, 3.05) is 18.6 Å². The Morgan fingerprint density at radius 2 is 2.07 bits per heavy atom. The molecule has 1 aliphatic rings. The van der Waals surface area contributed by atoms with Crippen molar-refractivity contribution in [3.8, 4) is 0 Å². The number of nitrogens with two attached hydrogens (primary N) is 2. The van der Waals surface area contributed by atoms with E-state index in [0.717, 1.165) is 16.3 Å². The normalized spacial score (nSPS) is 28.0. The van der Waals surface area contributed by atoms with Gasteiger partial charge in [0.05, 0.1) is 6.61 Å². The molecule has 3 rings (SSSR count). The minimum atomic E-state index is -2.00. The number of fused-ring (bicyclic) bond motifs is 1. The van der Waals surface area contributed by atoms with Gasteiger partial charge in [0.25, 0.3) is 11.5 Å². The summed E-state index contributed by atoms with van der Waals surface area (Å²) in [6.45, 7) is 0.613. The number of hydrogen-bond acceptors (Lipinski definition) is 11. The number of aromatic nitrogens is 4. The van der Waals surface area contributed by atoms with E-state index < -0.39 is 47.8 Å². The van der Waals surface area contributed by atoms with Crippen molar-refractivity contribution in [3.05, 3.63) is 16.0 Å².